The molecule has 0 aliphatic heterocycles. The molecular formula is C14H21ClN4. The van der Waals surface area contributed by atoms with E-state index in [9.17, 15) is 0 Å². The summed E-state index contributed by atoms with van der Waals surface area (Å²) < 4.78 is 2.04. The smallest absolute Gasteiger partial charge is 0.201 e. The van der Waals surface area contributed by atoms with Crippen LogP contribution >= 0.6 is 11.6 Å². The number of nitrogen functional groups attached to an aromatic ring is 1. The normalized spacial score (nSPS) is 13.3. The molecule has 1 atom stereocenters. The number of hydrogen-bond donors (Lipinski definition) is 1. The molecule has 1 aromatic heterocycles. The number of nitrogens with two attached hydrogens (primary N) is 1. The molecule has 5 heteroatoms. The minimum atomic E-state index is 0.241. The molecule has 2 aromatic rings. The minimum Gasteiger partial charge on any atom is -0.369 e. The number of benzene rings is 1. The molecule has 0 saturated heterocycles. The van der Waals surface area contributed by atoms with Crippen LogP contribution < -0.4 is 5.73 Å². The number of imidazole rings is 1. The Bertz CT molecular complexity index is 560. The van der Waals surface area contributed by atoms with Gasteiger partial charge >= 0.3 is 0 Å². The molecule has 0 spiro atoms. The molecule has 0 saturated carbocycles. The number of nitrogens with zero attached hydrogens (tertiary/aromatic N) is 3. The van der Waals surface area contributed by atoms with Gasteiger partial charge in [-0.3, -0.25) is 0 Å². The van der Waals surface area contributed by atoms with E-state index in [0.29, 0.717) is 11.0 Å². The van der Waals surface area contributed by atoms with E-state index in [0.717, 1.165) is 30.7 Å². The van der Waals surface area contributed by atoms with Gasteiger partial charge in [-0.05, 0) is 32.1 Å². The molecule has 0 bridgehead atoms. The van der Waals surface area contributed by atoms with Crippen LogP contribution in [0.5, 0.6) is 0 Å². The van der Waals surface area contributed by atoms with E-state index in [4.69, 9.17) is 17.3 Å². The average molecular weight is 281 g/mol. The van der Waals surface area contributed by atoms with E-state index in [-0.39, 0.29) is 6.04 Å². The van der Waals surface area contributed by atoms with Crippen molar-refractivity contribution in [2.75, 3.05) is 25.4 Å². The maximum atomic E-state index is 6.29. The minimum absolute atomic E-state index is 0.241. The zero-order valence-corrected chi connectivity index (χ0v) is 12.5. The summed E-state index contributed by atoms with van der Waals surface area (Å²) in [6, 6.07) is 5.96. The third-order valence-corrected chi connectivity index (χ3v) is 3.85. The standard InChI is InChI=1S/C14H21ClN4/c1-4-18(5-2)9-10(3)19-13-11(15)7-6-8-12(13)17-14(19)16/h6-8,10H,4-5,9H2,1-3H3,(H2,16,17). The van der Waals surface area contributed by atoms with Crippen molar-refractivity contribution in [2.24, 2.45) is 0 Å². The molecule has 0 amide bonds. The van der Waals surface area contributed by atoms with Gasteiger partial charge in [-0.25, -0.2) is 4.98 Å². The lowest BCUT2D eigenvalue weighted by Crippen LogP contribution is -2.30. The van der Waals surface area contributed by atoms with Crippen LogP contribution in [0.3, 0.4) is 0 Å². The van der Waals surface area contributed by atoms with E-state index in [1.54, 1.807) is 0 Å². The predicted octanol–water partition coefficient (Wildman–Crippen LogP) is 3.17. The van der Waals surface area contributed by atoms with Crippen LogP contribution in [0, 0.1) is 0 Å². The number of fused-ring (bicyclic) bond motifs is 1. The third-order valence-electron chi connectivity index (χ3n) is 3.55. The molecule has 1 heterocycles. The molecule has 0 aliphatic carbocycles. The Morgan fingerprint density at radius 3 is 2.68 bits per heavy atom. The second kappa shape index (κ2) is 5.80. The summed E-state index contributed by atoms with van der Waals surface area (Å²) in [5.74, 6) is 0.530. The number of halogens is 1. The Kier molecular flexibility index (Phi) is 4.32. The Labute approximate surface area is 119 Å². The first kappa shape index (κ1) is 14.2. The highest BCUT2D eigenvalue weighted by molar-refractivity contribution is 6.35. The van der Waals surface area contributed by atoms with Gasteiger partial charge in [-0.15, -0.1) is 0 Å². The quantitative estimate of drug-likeness (QED) is 0.915. The van der Waals surface area contributed by atoms with Gasteiger partial charge in [0, 0.05) is 12.6 Å². The van der Waals surface area contributed by atoms with E-state index in [1.165, 1.54) is 0 Å². The number of para-hydroxylation sites is 1. The van der Waals surface area contributed by atoms with Crippen LogP contribution in [0.15, 0.2) is 18.2 Å². The molecule has 0 radical (unpaired) electrons. The molecule has 0 aliphatic rings. The van der Waals surface area contributed by atoms with Gasteiger partial charge in [0.15, 0.2) is 0 Å². The van der Waals surface area contributed by atoms with E-state index >= 15 is 0 Å². The van der Waals surface area contributed by atoms with Crippen molar-refractivity contribution in [3.05, 3.63) is 23.2 Å². The maximum absolute atomic E-state index is 6.29. The fourth-order valence-corrected chi connectivity index (χ4v) is 2.77. The molecule has 104 valence electrons. The fourth-order valence-electron chi connectivity index (χ4n) is 2.51. The first-order valence-electron chi connectivity index (χ1n) is 6.72. The van der Waals surface area contributed by atoms with Crippen molar-refractivity contribution in [1.82, 2.24) is 14.5 Å². The summed E-state index contributed by atoms with van der Waals surface area (Å²) in [6.07, 6.45) is 0. The lowest BCUT2D eigenvalue weighted by Gasteiger charge is -2.24. The second-order valence-electron chi connectivity index (χ2n) is 4.78. The summed E-state index contributed by atoms with van der Waals surface area (Å²) >= 11 is 6.29. The van der Waals surface area contributed by atoms with Gasteiger partial charge in [0.05, 0.1) is 16.1 Å². The first-order valence-corrected chi connectivity index (χ1v) is 7.10. The monoisotopic (exact) mass is 280 g/mol. The van der Waals surface area contributed by atoms with Crippen LogP contribution in [0.1, 0.15) is 26.8 Å². The number of likely N-dealkylation sites (N-methyl/N-ethyl adjacent to an activating group) is 1. The van der Waals surface area contributed by atoms with Crippen LogP contribution in [-0.4, -0.2) is 34.1 Å². The molecule has 2 rings (SSSR count). The van der Waals surface area contributed by atoms with Crippen LogP contribution in [-0.2, 0) is 0 Å². The van der Waals surface area contributed by atoms with Crippen LogP contribution in [0.4, 0.5) is 5.95 Å². The lowest BCUT2D eigenvalue weighted by atomic mass is 10.2. The number of hydrogen-bond acceptors (Lipinski definition) is 3. The maximum Gasteiger partial charge on any atom is 0.201 e. The number of aromatic nitrogens is 2. The van der Waals surface area contributed by atoms with Gasteiger partial charge in [0.1, 0.15) is 0 Å². The fraction of sp³-hybridized carbons (Fsp3) is 0.500. The zero-order valence-electron chi connectivity index (χ0n) is 11.7. The molecule has 1 aromatic carbocycles. The molecular weight excluding hydrogens is 260 g/mol. The summed E-state index contributed by atoms with van der Waals surface area (Å²) in [7, 11) is 0. The summed E-state index contributed by atoms with van der Waals surface area (Å²) in [5, 5.41) is 0.702. The average Bonchev–Trinajstić information content (AvgIpc) is 2.73. The van der Waals surface area contributed by atoms with E-state index < -0.39 is 0 Å². The van der Waals surface area contributed by atoms with Gasteiger partial charge < -0.3 is 15.2 Å². The number of rotatable bonds is 5. The topological polar surface area (TPSA) is 47.1 Å². The SMILES string of the molecule is CCN(CC)CC(C)n1c(N)nc2cccc(Cl)c21. The van der Waals surface area contributed by atoms with Gasteiger partial charge in [0.2, 0.25) is 5.95 Å². The summed E-state index contributed by atoms with van der Waals surface area (Å²) in [6.45, 7) is 9.48. The van der Waals surface area contributed by atoms with Crippen molar-refractivity contribution in [2.45, 2.75) is 26.8 Å². The van der Waals surface area contributed by atoms with Crippen LogP contribution in [0.2, 0.25) is 5.02 Å². The lowest BCUT2D eigenvalue weighted by molar-refractivity contribution is 0.264. The Morgan fingerprint density at radius 1 is 1.37 bits per heavy atom. The zero-order chi connectivity index (χ0) is 14.0. The molecule has 2 N–H and O–H groups in total. The highest BCUT2D eigenvalue weighted by atomic mass is 35.5. The van der Waals surface area contributed by atoms with Crippen molar-refractivity contribution in [3.8, 4) is 0 Å². The Balaban J connectivity index is 2.41. The van der Waals surface area contributed by atoms with Gasteiger partial charge in [-0.1, -0.05) is 31.5 Å². The van der Waals surface area contributed by atoms with Crippen molar-refractivity contribution < 1.29 is 0 Å². The highest BCUT2D eigenvalue weighted by Crippen LogP contribution is 2.29. The van der Waals surface area contributed by atoms with Gasteiger partial charge in [-0.2, -0.15) is 0 Å². The second-order valence-corrected chi connectivity index (χ2v) is 5.19. The third kappa shape index (κ3) is 2.69. The molecule has 1 unspecified atom stereocenters. The predicted molar refractivity (Wildman–Crippen MR) is 81.7 cm³/mol. The summed E-state index contributed by atoms with van der Waals surface area (Å²) in [5.41, 5.74) is 7.85. The summed E-state index contributed by atoms with van der Waals surface area (Å²) in [4.78, 5) is 6.76. The first-order chi connectivity index (χ1) is 9.08. The molecule has 4 nitrogen and oxygen atoms in total. The van der Waals surface area contributed by atoms with E-state index in [1.807, 2.05) is 22.8 Å². The van der Waals surface area contributed by atoms with Crippen molar-refractivity contribution in [1.29, 1.82) is 0 Å². The van der Waals surface area contributed by atoms with Crippen LogP contribution in [0.25, 0.3) is 11.0 Å². The largest absolute Gasteiger partial charge is 0.369 e. The Hall–Kier alpha value is -1.26. The van der Waals surface area contributed by atoms with Crippen molar-refractivity contribution >= 4 is 28.6 Å². The van der Waals surface area contributed by atoms with Crippen molar-refractivity contribution in [3.63, 3.8) is 0 Å². The Morgan fingerprint density at radius 2 is 2.05 bits per heavy atom. The van der Waals surface area contributed by atoms with E-state index in [2.05, 4.69) is 30.7 Å². The number of anilines is 1. The highest BCUT2D eigenvalue weighted by Gasteiger charge is 2.17. The molecule has 0 fully saturated rings. The molecule has 19 heavy (non-hydrogen) atoms. The van der Waals surface area contributed by atoms with Gasteiger partial charge in [0.25, 0.3) is 0 Å².